The van der Waals surface area contributed by atoms with E-state index < -0.39 is 5.41 Å². The average Bonchev–Trinajstić information content (AvgIpc) is 2.42. The fourth-order valence-electron chi connectivity index (χ4n) is 4.00. The van der Waals surface area contributed by atoms with Gasteiger partial charge in [-0.15, -0.1) is 0 Å². The molecule has 22 heavy (non-hydrogen) atoms. The second kappa shape index (κ2) is 5.86. The highest BCUT2D eigenvalue weighted by molar-refractivity contribution is 5.75. The third-order valence-electron chi connectivity index (χ3n) is 5.60. The first-order valence-electron chi connectivity index (χ1n) is 8.43. The maximum Gasteiger partial charge on any atom is 0.311 e. The molecule has 2 fully saturated rings. The Bertz CT molecular complexity index is 456. The summed E-state index contributed by atoms with van der Waals surface area (Å²) in [6.45, 7) is 11.2. The molecule has 0 aromatic heterocycles. The Hall–Kier alpha value is -1.06. The maximum atomic E-state index is 12.1. The smallest absolute Gasteiger partial charge is 0.311 e. The van der Waals surface area contributed by atoms with Crippen molar-refractivity contribution in [3.63, 3.8) is 0 Å². The summed E-state index contributed by atoms with van der Waals surface area (Å²) in [6.07, 6.45) is 4.39. The van der Waals surface area contributed by atoms with Gasteiger partial charge in [0, 0.05) is 5.41 Å². The first kappa shape index (κ1) is 17.3. The molecular formula is C18H30O4. The molecule has 3 unspecified atom stereocenters. The molecule has 0 aromatic rings. The normalized spacial score (nSPS) is 35.0. The van der Waals surface area contributed by atoms with E-state index in [0.29, 0.717) is 13.2 Å². The SMILES string of the molecule is CCC(C)(C)C(=O)OCCC1(C)CC2CC(C)(COC2=O)C1. The molecule has 1 saturated heterocycles. The Balaban J connectivity index is 1.92. The van der Waals surface area contributed by atoms with Gasteiger partial charge in [-0.1, -0.05) is 20.8 Å². The van der Waals surface area contributed by atoms with Crippen LogP contribution in [-0.4, -0.2) is 25.2 Å². The van der Waals surface area contributed by atoms with E-state index in [-0.39, 0.29) is 28.7 Å². The van der Waals surface area contributed by atoms with Gasteiger partial charge in [-0.2, -0.15) is 0 Å². The number of cyclic esters (lactones) is 1. The second-order valence-electron chi connectivity index (χ2n) is 8.63. The van der Waals surface area contributed by atoms with Crippen molar-refractivity contribution in [2.24, 2.45) is 22.2 Å². The molecule has 126 valence electrons. The van der Waals surface area contributed by atoms with Gasteiger partial charge < -0.3 is 9.47 Å². The van der Waals surface area contributed by atoms with Crippen LogP contribution in [-0.2, 0) is 19.1 Å². The first-order chi connectivity index (χ1) is 10.1. The van der Waals surface area contributed by atoms with Crippen LogP contribution < -0.4 is 0 Å². The number of fused-ring (bicyclic) bond motifs is 2. The Kier molecular flexibility index (Phi) is 4.61. The molecule has 0 radical (unpaired) electrons. The van der Waals surface area contributed by atoms with Crippen molar-refractivity contribution in [2.75, 3.05) is 13.2 Å². The Morgan fingerprint density at radius 3 is 2.68 bits per heavy atom. The summed E-state index contributed by atoms with van der Waals surface area (Å²) in [6, 6.07) is 0. The van der Waals surface area contributed by atoms with Gasteiger partial charge in [-0.3, -0.25) is 9.59 Å². The number of carbonyl (C=O) groups is 2. The molecule has 0 amide bonds. The zero-order valence-corrected chi connectivity index (χ0v) is 14.7. The molecule has 0 N–H and O–H groups in total. The van der Waals surface area contributed by atoms with Crippen LogP contribution in [0.2, 0.25) is 0 Å². The van der Waals surface area contributed by atoms with Crippen LogP contribution in [0.5, 0.6) is 0 Å². The lowest BCUT2D eigenvalue weighted by Gasteiger charge is -2.50. The fourth-order valence-corrected chi connectivity index (χ4v) is 4.00. The Labute approximate surface area is 133 Å². The zero-order valence-electron chi connectivity index (χ0n) is 14.7. The molecule has 1 heterocycles. The highest BCUT2D eigenvalue weighted by Gasteiger charge is 2.49. The van der Waals surface area contributed by atoms with Crippen molar-refractivity contribution in [3.8, 4) is 0 Å². The van der Waals surface area contributed by atoms with E-state index in [1.807, 2.05) is 20.8 Å². The molecule has 1 aliphatic heterocycles. The molecule has 2 rings (SSSR count). The van der Waals surface area contributed by atoms with Crippen LogP contribution in [0.4, 0.5) is 0 Å². The minimum absolute atomic E-state index is 0.0142. The van der Waals surface area contributed by atoms with Gasteiger partial charge in [-0.25, -0.2) is 0 Å². The van der Waals surface area contributed by atoms with Crippen LogP contribution in [0.25, 0.3) is 0 Å². The second-order valence-corrected chi connectivity index (χ2v) is 8.63. The number of hydrogen-bond acceptors (Lipinski definition) is 4. The number of hydrogen-bond donors (Lipinski definition) is 0. The number of rotatable bonds is 5. The van der Waals surface area contributed by atoms with Crippen LogP contribution in [0.1, 0.15) is 66.7 Å². The highest BCUT2D eigenvalue weighted by atomic mass is 16.5. The first-order valence-corrected chi connectivity index (χ1v) is 8.43. The van der Waals surface area contributed by atoms with Gasteiger partial charge in [-0.05, 0) is 51.4 Å². The summed E-state index contributed by atoms with van der Waals surface area (Å²) in [7, 11) is 0. The van der Waals surface area contributed by atoms with Gasteiger partial charge in [0.2, 0.25) is 0 Å². The van der Waals surface area contributed by atoms with E-state index in [9.17, 15) is 9.59 Å². The summed E-state index contributed by atoms with van der Waals surface area (Å²) in [4.78, 5) is 23.9. The van der Waals surface area contributed by atoms with E-state index in [1.54, 1.807) is 0 Å². The molecular weight excluding hydrogens is 280 g/mol. The fraction of sp³-hybridized carbons (Fsp3) is 0.889. The Morgan fingerprint density at radius 2 is 2.05 bits per heavy atom. The third-order valence-corrected chi connectivity index (χ3v) is 5.60. The zero-order chi connectivity index (χ0) is 16.6. The molecule has 2 bridgehead atoms. The molecule has 1 aliphatic carbocycles. The quantitative estimate of drug-likeness (QED) is 0.726. The molecule has 1 saturated carbocycles. The van der Waals surface area contributed by atoms with E-state index in [0.717, 1.165) is 32.1 Å². The predicted molar refractivity (Wildman–Crippen MR) is 84.2 cm³/mol. The standard InChI is InChI=1S/C18H30O4/c1-6-16(2,3)15(20)21-8-7-17(4)9-13-10-18(5,11-17)12-22-14(13)19/h13H,6-12H2,1-5H3. The van der Waals surface area contributed by atoms with Gasteiger partial charge in [0.15, 0.2) is 0 Å². The highest BCUT2D eigenvalue weighted by Crippen LogP contribution is 2.53. The monoisotopic (exact) mass is 310 g/mol. The largest absolute Gasteiger partial charge is 0.465 e. The van der Waals surface area contributed by atoms with Crippen LogP contribution in [0.3, 0.4) is 0 Å². The van der Waals surface area contributed by atoms with Crippen LogP contribution in [0, 0.1) is 22.2 Å². The van der Waals surface area contributed by atoms with E-state index in [2.05, 4.69) is 13.8 Å². The number of ether oxygens (including phenoxy) is 2. The lowest BCUT2D eigenvalue weighted by Crippen LogP contribution is -2.47. The minimum Gasteiger partial charge on any atom is -0.465 e. The van der Waals surface area contributed by atoms with Crippen molar-refractivity contribution >= 4 is 11.9 Å². The van der Waals surface area contributed by atoms with Gasteiger partial charge >= 0.3 is 11.9 Å². The van der Waals surface area contributed by atoms with E-state index >= 15 is 0 Å². The Morgan fingerprint density at radius 1 is 1.36 bits per heavy atom. The maximum absolute atomic E-state index is 12.1. The van der Waals surface area contributed by atoms with Crippen molar-refractivity contribution in [2.45, 2.75) is 66.7 Å². The van der Waals surface area contributed by atoms with Crippen molar-refractivity contribution < 1.29 is 19.1 Å². The molecule has 0 spiro atoms. The number of carbonyl (C=O) groups excluding carboxylic acids is 2. The van der Waals surface area contributed by atoms with Gasteiger partial charge in [0.1, 0.15) is 0 Å². The van der Waals surface area contributed by atoms with Crippen molar-refractivity contribution in [1.82, 2.24) is 0 Å². The van der Waals surface area contributed by atoms with Crippen LogP contribution in [0.15, 0.2) is 0 Å². The summed E-state index contributed by atoms with van der Waals surface area (Å²) < 4.78 is 10.8. The molecule has 2 aliphatic rings. The predicted octanol–water partition coefficient (Wildman–Crippen LogP) is 3.73. The van der Waals surface area contributed by atoms with Crippen molar-refractivity contribution in [3.05, 3.63) is 0 Å². The lowest BCUT2D eigenvalue weighted by atomic mass is 9.58. The summed E-state index contributed by atoms with van der Waals surface area (Å²) in [5, 5.41) is 0. The summed E-state index contributed by atoms with van der Waals surface area (Å²) >= 11 is 0. The average molecular weight is 310 g/mol. The van der Waals surface area contributed by atoms with Gasteiger partial charge in [0.05, 0.1) is 24.5 Å². The van der Waals surface area contributed by atoms with E-state index in [4.69, 9.17) is 9.47 Å². The topological polar surface area (TPSA) is 52.6 Å². The lowest BCUT2D eigenvalue weighted by molar-refractivity contribution is -0.174. The summed E-state index contributed by atoms with van der Waals surface area (Å²) in [5.41, 5.74) is -0.286. The van der Waals surface area contributed by atoms with Crippen molar-refractivity contribution in [1.29, 1.82) is 0 Å². The number of esters is 2. The van der Waals surface area contributed by atoms with Crippen LogP contribution >= 0.6 is 0 Å². The minimum atomic E-state index is -0.417. The third kappa shape index (κ3) is 3.64. The molecule has 0 aromatic carbocycles. The van der Waals surface area contributed by atoms with Gasteiger partial charge in [0.25, 0.3) is 0 Å². The molecule has 4 heteroatoms. The molecule has 4 nitrogen and oxygen atoms in total. The van der Waals surface area contributed by atoms with E-state index in [1.165, 1.54) is 0 Å². The molecule has 3 atom stereocenters. The summed E-state index contributed by atoms with van der Waals surface area (Å²) in [5.74, 6) is -0.159.